The zero-order chi connectivity index (χ0) is 18.4. The van der Waals surface area contributed by atoms with Gasteiger partial charge in [-0.25, -0.2) is 0 Å². The van der Waals surface area contributed by atoms with E-state index in [1.165, 1.54) is 0 Å². The summed E-state index contributed by atoms with van der Waals surface area (Å²) in [7, 11) is 1.80. The fourth-order valence-corrected chi connectivity index (χ4v) is 2.45. The lowest BCUT2D eigenvalue weighted by molar-refractivity contribution is -0.120. The maximum atomic E-state index is 12.3. The van der Waals surface area contributed by atoms with Crippen molar-refractivity contribution >= 4 is 11.8 Å². The first-order valence-corrected chi connectivity index (χ1v) is 8.55. The number of amides is 2. The molecule has 0 saturated carbocycles. The molecule has 25 heavy (non-hydrogen) atoms. The van der Waals surface area contributed by atoms with E-state index >= 15 is 0 Å². The standard InChI is InChI=1S/C21H26N2O2/c1-15(2)23(4)21(25)18-11-9-17(10-12-18)14-22-20(24)13-19-8-6-5-7-16(19)3/h5-12,15H,13-14H2,1-4H3,(H,22,24). The third-order valence-corrected chi connectivity index (χ3v) is 4.40. The lowest BCUT2D eigenvalue weighted by atomic mass is 10.1. The lowest BCUT2D eigenvalue weighted by Gasteiger charge is -2.21. The molecule has 0 spiro atoms. The van der Waals surface area contributed by atoms with Gasteiger partial charge in [0.05, 0.1) is 6.42 Å². The molecule has 0 aliphatic carbocycles. The Balaban J connectivity index is 1.90. The summed E-state index contributed by atoms with van der Waals surface area (Å²) < 4.78 is 0. The quantitative estimate of drug-likeness (QED) is 0.878. The van der Waals surface area contributed by atoms with Crippen molar-refractivity contribution in [1.82, 2.24) is 10.2 Å². The molecule has 2 aromatic rings. The summed E-state index contributed by atoms with van der Waals surface area (Å²) >= 11 is 0. The van der Waals surface area contributed by atoms with Gasteiger partial charge in [-0.15, -0.1) is 0 Å². The Morgan fingerprint density at radius 2 is 1.68 bits per heavy atom. The minimum absolute atomic E-state index is 0.00476. The molecular formula is C21H26N2O2. The zero-order valence-corrected chi connectivity index (χ0v) is 15.4. The molecule has 4 nitrogen and oxygen atoms in total. The van der Waals surface area contributed by atoms with Crippen molar-refractivity contribution in [2.75, 3.05) is 7.05 Å². The minimum atomic E-state index is -0.00556. The van der Waals surface area contributed by atoms with Crippen LogP contribution in [0.3, 0.4) is 0 Å². The number of nitrogens with one attached hydrogen (secondary N) is 1. The van der Waals surface area contributed by atoms with Gasteiger partial charge >= 0.3 is 0 Å². The van der Waals surface area contributed by atoms with Gasteiger partial charge in [0.15, 0.2) is 0 Å². The third kappa shape index (κ3) is 5.18. The van der Waals surface area contributed by atoms with Gasteiger partial charge in [-0.3, -0.25) is 9.59 Å². The first kappa shape index (κ1) is 18.7. The fraction of sp³-hybridized carbons (Fsp3) is 0.333. The number of carbonyl (C=O) groups excluding carboxylic acids is 2. The van der Waals surface area contributed by atoms with E-state index in [2.05, 4.69) is 5.32 Å². The Morgan fingerprint density at radius 3 is 2.28 bits per heavy atom. The fourth-order valence-electron chi connectivity index (χ4n) is 2.45. The highest BCUT2D eigenvalue weighted by atomic mass is 16.2. The van der Waals surface area contributed by atoms with E-state index in [9.17, 15) is 9.59 Å². The van der Waals surface area contributed by atoms with E-state index in [-0.39, 0.29) is 17.9 Å². The van der Waals surface area contributed by atoms with E-state index in [4.69, 9.17) is 0 Å². The average Bonchev–Trinajstić information content (AvgIpc) is 2.61. The van der Waals surface area contributed by atoms with Crippen molar-refractivity contribution in [1.29, 1.82) is 0 Å². The molecule has 2 rings (SSSR count). The Labute approximate surface area is 149 Å². The SMILES string of the molecule is Cc1ccccc1CC(=O)NCc1ccc(C(=O)N(C)C(C)C)cc1. The van der Waals surface area contributed by atoms with Crippen molar-refractivity contribution in [3.05, 3.63) is 70.8 Å². The molecule has 0 bridgehead atoms. The Bertz CT molecular complexity index is 736. The van der Waals surface area contributed by atoms with Gasteiger partial charge < -0.3 is 10.2 Å². The number of hydrogen-bond donors (Lipinski definition) is 1. The molecule has 0 fully saturated rings. The maximum absolute atomic E-state index is 12.3. The van der Waals surface area contributed by atoms with Crippen LogP contribution in [-0.2, 0) is 17.8 Å². The van der Waals surface area contributed by atoms with E-state index in [0.717, 1.165) is 16.7 Å². The van der Waals surface area contributed by atoms with Gasteiger partial charge in [-0.05, 0) is 49.6 Å². The van der Waals surface area contributed by atoms with Gasteiger partial charge in [0, 0.05) is 25.2 Å². The van der Waals surface area contributed by atoms with Crippen molar-refractivity contribution in [2.24, 2.45) is 0 Å². The summed E-state index contributed by atoms with van der Waals surface area (Å²) in [5.41, 5.74) is 3.79. The predicted molar refractivity (Wildman–Crippen MR) is 100 cm³/mol. The van der Waals surface area contributed by atoms with E-state index in [0.29, 0.717) is 18.5 Å². The van der Waals surface area contributed by atoms with E-state index in [1.807, 2.05) is 69.3 Å². The lowest BCUT2D eigenvalue weighted by Crippen LogP contribution is -2.32. The number of benzene rings is 2. The Hall–Kier alpha value is -2.62. The van der Waals surface area contributed by atoms with Crippen LogP contribution in [0.2, 0.25) is 0 Å². The first-order chi connectivity index (χ1) is 11.9. The smallest absolute Gasteiger partial charge is 0.253 e. The average molecular weight is 338 g/mol. The normalized spacial score (nSPS) is 10.6. The molecule has 4 heteroatoms. The minimum Gasteiger partial charge on any atom is -0.352 e. The van der Waals surface area contributed by atoms with Crippen LogP contribution in [0.15, 0.2) is 48.5 Å². The molecule has 0 saturated heterocycles. The molecular weight excluding hydrogens is 312 g/mol. The highest BCUT2D eigenvalue weighted by Crippen LogP contribution is 2.10. The van der Waals surface area contributed by atoms with Gasteiger partial charge in [0.2, 0.25) is 5.91 Å². The largest absolute Gasteiger partial charge is 0.352 e. The van der Waals surface area contributed by atoms with Crippen LogP contribution in [0.4, 0.5) is 0 Å². The summed E-state index contributed by atoms with van der Waals surface area (Å²) in [6, 6.07) is 15.4. The van der Waals surface area contributed by atoms with Crippen LogP contribution >= 0.6 is 0 Å². The first-order valence-electron chi connectivity index (χ1n) is 8.55. The van der Waals surface area contributed by atoms with Crippen LogP contribution < -0.4 is 5.32 Å². The second-order valence-electron chi connectivity index (χ2n) is 6.59. The molecule has 1 N–H and O–H groups in total. The van der Waals surface area contributed by atoms with Crippen LogP contribution in [0, 0.1) is 6.92 Å². The van der Waals surface area contributed by atoms with Gasteiger partial charge in [0.1, 0.15) is 0 Å². The monoisotopic (exact) mass is 338 g/mol. The van der Waals surface area contributed by atoms with Crippen molar-refractivity contribution in [3.8, 4) is 0 Å². The van der Waals surface area contributed by atoms with Crippen LogP contribution in [-0.4, -0.2) is 29.8 Å². The van der Waals surface area contributed by atoms with E-state index in [1.54, 1.807) is 11.9 Å². The van der Waals surface area contributed by atoms with Crippen LogP contribution in [0.25, 0.3) is 0 Å². The summed E-state index contributed by atoms with van der Waals surface area (Å²) in [4.78, 5) is 26.1. The second kappa shape index (κ2) is 8.47. The summed E-state index contributed by atoms with van der Waals surface area (Å²) in [6.45, 7) is 6.43. The topological polar surface area (TPSA) is 49.4 Å². The van der Waals surface area contributed by atoms with Gasteiger partial charge in [0.25, 0.3) is 5.91 Å². The molecule has 0 radical (unpaired) electrons. The number of rotatable bonds is 6. The molecule has 0 unspecified atom stereocenters. The molecule has 0 aliphatic heterocycles. The Morgan fingerprint density at radius 1 is 1.04 bits per heavy atom. The van der Waals surface area contributed by atoms with E-state index < -0.39 is 0 Å². The zero-order valence-electron chi connectivity index (χ0n) is 15.4. The summed E-state index contributed by atoms with van der Waals surface area (Å²) in [5.74, 6) is -0.000803. The third-order valence-electron chi connectivity index (χ3n) is 4.40. The summed E-state index contributed by atoms with van der Waals surface area (Å²) in [6.07, 6.45) is 0.377. The molecule has 0 heterocycles. The number of aryl methyl sites for hydroxylation is 1. The number of hydrogen-bond acceptors (Lipinski definition) is 2. The number of nitrogens with zero attached hydrogens (tertiary/aromatic N) is 1. The highest BCUT2D eigenvalue weighted by Gasteiger charge is 2.14. The number of carbonyl (C=O) groups is 2. The van der Waals surface area contributed by atoms with Crippen LogP contribution in [0.5, 0.6) is 0 Å². The molecule has 2 aromatic carbocycles. The molecule has 0 atom stereocenters. The van der Waals surface area contributed by atoms with Crippen LogP contribution in [0.1, 0.15) is 40.9 Å². The van der Waals surface area contributed by atoms with Crippen molar-refractivity contribution < 1.29 is 9.59 Å². The molecule has 132 valence electrons. The Kier molecular flexibility index (Phi) is 6.34. The van der Waals surface area contributed by atoms with Gasteiger partial charge in [-0.1, -0.05) is 36.4 Å². The molecule has 0 aromatic heterocycles. The predicted octanol–water partition coefficient (Wildman–Crippen LogP) is 3.33. The second-order valence-corrected chi connectivity index (χ2v) is 6.59. The molecule has 2 amide bonds. The maximum Gasteiger partial charge on any atom is 0.253 e. The van der Waals surface area contributed by atoms with Crippen molar-refractivity contribution in [3.63, 3.8) is 0 Å². The highest BCUT2D eigenvalue weighted by molar-refractivity contribution is 5.94. The van der Waals surface area contributed by atoms with Gasteiger partial charge in [-0.2, -0.15) is 0 Å². The van der Waals surface area contributed by atoms with Crippen molar-refractivity contribution in [2.45, 2.75) is 39.8 Å². The summed E-state index contributed by atoms with van der Waals surface area (Å²) in [5, 5.41) is 2.93. The molecule has 0 aliphatic rings.